The largest absolute Gasteiger partial charge is 0.495 e. The van der Waals surface area contributed by atoms with Crippen molar-refractivity contribution in [3.05, 3.63) is 110 Å². The fourth-order valence-corrected chi connectivity index (χ4v) is 6.66. The summed E-state index contributed by atoms with van der Waals surface area (Å²) < 4.78 is 45.2. The summed E-state index contributed by atoms with van der Waals surface area (Å²) in [7, 11) is -1.22. The summed E-state index contributed by atoms with van der Waals surface area (Å²) in [6.07, 6.45) is 1.38. The molecule has 0 spiro atoms. The number of nitrogens with zero attached hydrogens (tertiary/aromatic N) is 2. The third kappa shape index (κ3) is 8.16. The Morgan fingerprint density at radius 3 is 2.32 bits per heavy atom. The van der Waals surface area contributed by atoms with Gasteiger partial charge >= 0.3 is 0 Å². The van der Waals surface area contributed by atoms with Crippen molar-refractivity contribution in [2.24, 2.45) is 5.10 Å². The number of methoxy groups -OCH3 is 2. The number of halogens is 4. The summed E-state index contributed by atoms with van der Waals surface area (Å²) in [5.74, 6) is 0.486. The molecule has 0 bridgehead atoms. The van der Waals surface area contributed by atoms with Crippen LogP contribution in [0.15, 0.2) is 93.3 Å². The second-order valence-electron chi connectivity index (χ2n) is 9.00. The first-order valence-corrected chi connectivity index (χ1v) is 16.1. The molecule has 0 unspecified atom stereocenters. The molecule has 0 atom stereocenters. The number of carbonyl (C=O) groups excluding carboxylic acids is 1. The van der Waals surface area contributed by atoms with Gasteiger partial charge in [-0.1, -0.05) is 59.1 Å². The Hall–Kier alpha value is -3.48. The van der Waals surface area contributed by atoms with Gasteiger partial charge in [0, 0.05) is 15.6 Å². The highest BCUT2D eigenvalue weighted by atomic mass is 79.9. The van der Waals surface area contributed by atoms with Crippen LogP contribution in [0.3, 0.4) is 0 Å². The Balaban J connectivity index is 1.50. The average molecular weight is 742 g/mol. The molecule has 4 rings (SSSR count). The molecular formula is C30H25BrCl3N3O6S. The van der Waals surface area contributed by atoms with Gasteiger partial charge in [-0.05, 0) is 76.1 Å². The van der Waals surface area contributed by atoms with E-state index in [1.165, 1.54) is 50.8 Å². The highest BCUT2D eigenvalue weighted by molar-refractivity contribution is 9.10. The van der Waals surface area contributed by atoms with Crippen molar-refractivity contribution in [3.8, 4) is 17.2 Å². The molecule has 230 valence electrons. The van der Waals surface area contributed by atoms with Crippen molar-refractivity contribution in [2.75, 3.05) is 25.1 Å². The Bertz CT molecular complexity index is 1790. The zero-order valence-electron chi connectivity index (χ0n) is 23.3. The second-order valence-corrected chi connectivity index (χ2v) is 13.0. The van der Waals surface area contributed by atoms with Gasteiger partial charge in [-0.25, -0.2) is 13.8 Å². The number of hydrazone groups is 1. The maximum Gasteiger partial charge on any atom is 0.264 e. The van der Waals surface area contributed by atoms with E-state index in [4.69, 9.17) is 49.0 Å². The fourth-order valence-electron chi connectivity index (χ4n) is 3.93. The van der Waals surface area contributed by atoms with Crippen LogP contribution in [0.1, 0.15) is 11.1 Å². The lowest BCUT2D eigenvalue weighted by molar-refractivity contribution is -0.119. The highest BCUT2D eigenvalue weighted by Crippen LogP contribution is 2.37. The van der Waals surface area contributed by atoms with Crippen molar-refractivity contribution >= 4 is 78.6 Å². The van der Waals surface area contributed by atoms with Crippen molar-refractivity contribution in [1.29, 1.82) is 0 Å². The van der Waals surface area contributed by atoms with E-state index in [2.05, 4.69) is 26.5 Å². The van der Waals surface area contributed by atoms with Gasteiger partial charge in [0.2, 0.25) is 0 Å². The lowest BCUT2D eigenvalue weighted by Gasteiger charge is -2.24. The van der Waals surface area contributed by atoms with E-state index in [-0.39, 0.29) is 22.2 Å². The average Bonchev–Trinajstić information content (AvgIpc) is 3.00. The van der Waals surface area contributed by atoms with Crippen LogP contribution in [0.2, 0.25) is 15.1 Å². The number of hydrogen-bond donors (Lipinski definition) is 1. The third-order valence-electron chi connectivity index (χ3n) is 6.08. The minimum Gasteiger partial charge on any atom is -0.495 e. The number of hydrogen-bond acceptors (Lipinski definition) is 7. The van der Waals surface area contributed by atoms with Crippen LogP contribution in [-0.2, 0) is 21.4 Å². The van der Waals surface area contributed by atoms with Gasteiger partial charge < -0.3 is 14.2 Å². The highest BCUT2D eigenvalue weighted by Gasteiger charge is 2.27. The summed E-state index contributed by atoms with van der Waals surface area (Å²) in [4.78, 5) is 13.0. The molecule has 9 nitrogen and oxygen atoms in total. The normalized spacial score (nSPS) is 11.3. The van der Waals surface area contributed by atoms with Gasteiger partial charge in [0.1, 0.15) is 18.9 Å². The molecule has 0 aliphatic rings. The lowest BCUT2D eigenvalue weighted by Crippen LogP contribution is -2.39. The maximum atomic E-state index is 13.5. The summed E-state index contributed by atoms with van der Waals surface area (Å²) in [5, 5.41) is 5.18. The minimum atomic E-state index is -4.14. The number of nitrogens with one attached hydrogen (secondary N) is 1. The molecule has 0 aliphatic heterocycles. The molecule has 1 amide bonds. The van der Waals surface area contributed by atoms with Crippen molar-refractivity contribution < 1.29 is 27.4 Å². The first kappa shape index (κ1) is 33.4. The number of ether oxygens (including phenoxy) is 3. The first-order valence-electron chi connectivity index (χ1n) is 12.7. The molecule has 0 saturated carbocycles. The van der Waals surface area contributed by atoms with E-state index in [0.29, 0.717) is 37.3 Å². The third-order valence-corrected chi connectivity index (χ3v) is 9.34. The van der Waals surface area contributed by atoms with Gasteiger partial charge in [0.25, 0.3) is 15.9 Å². The number of sulfonamides is 1. The molecule has 0 saturated heterocycles. The lowest BCUT2D eigenvalue weighted by atomic mass is 10.2. The van der Waals surface area contributed by atoms with E-state index in [0.717, 1.165) is 9.87 Å². The van der Waals surface area contributed by atoms with Gasteiger partial charge in [-0.2, -0.15) is 5.10 Å². The van der Waals surface area contributed by atoms with Crippen LogP contribution < -0.4 is 23.9 Å². The predicted octanol–water partition coefficient (Wildman–Crippen LogP) is 7.35. The molecule has 4 aromatic carbocycles. The summed E-state index contributed by atoms with van der Waals surface area (Å²) in [6, 6.07) is 20.6. The predicted molar refractivity (Wildman–Crippen MR) is 176 cm³/mol. The molecule has 0 aliphatic carbocycles. The molecule has 0 heterocycles. The fraction of sp³-hybridized carbons (Fsp3) is 0.133. The standard InChI is InChI=1S/C30H25BrCl3N3O6S/c1-41-27-11-10-22(15-26(27)34)37(44(39,40)23-6-4-3-5-7-23)17-29(38)36-35-16-19-12-24(31)30(28(13-19)42-2)43-18-20-8-9-21(32)14-25(20)33/h3-16H,17-18H2,1-2H3,(H,36,38)/b35-16-. The quantitative estimate of drug-likeness (QED) is 0.120. The van der Waals surface area contributed by atoms with Crippen molar-refractivity contribution in [3.63, 3.8) is 0 Å². The molecule has 14 heteroatoms. The van der Waals surface area contributed by atoms with Crippen molar-refractivity contribution in [1.82, 2.24) is 5.43 Å². The van der Waals surface area contributed by atoms with Gasteiger partial charge in [0.15, 0.2) is 11.5 Å². The zero-order valence-corrected chi connectivity index (χ0v) is 27.9. The van der Waals surface area contributed by atoms with Crippen LogP contribution in [0.5, 0.6) is 17.2 Å². The van der Waals surface area contributed by atoms with Crippen LogP contribution in [0.4, 0.5) is 5.69 Å². The summed E-state index contributed by atoms with van der Waals surface area (Å²) >= 11 is 22.0. The molecule has 0 aromatic heterocycles. The Morgan fingerprint density at radius 2 is 1.66 bits per heavy atom. The Morgan fingerprint density at radius 1 is 0.932 bits per heavy atom. The monoisotopic (exact) mass is 739 g/mol. The Labute approximate surface area is 278 Å². The van der Waals surface area contributed by atoms with E-state index in [1.807, 2.05) is 0 Å². The van der Waals surface area contributed by atoms with Gasteiger partial charge in [-0.15, -0.1) is 0 Å². The number of anilines is 1. The summed E-state index contributed by atoms with van der Waals surface area (Å²) in [5.41, 5.74) is 3.84. The molecule has 0 radical (unpaired) electrons. The van der Waals surface area contributed by atoms with Gasteiger partial charge in [-0.3, -0.25) is 9.10 Å². The number of rotatable bonds is 12. The van der Waals surface area contributed by atoms with Crippen molar-refractivity contribution in [2.45, 2.75) is 11.5 Å². The topological polar surface area (TPSA) is 107 Å². The van der Waals surface area contributed by atoms with Crippen LogP contribution >= 0.6 is 50.7 Å². The smallest absolute Gasteiger partial charge is 0.264 e. The molecule has 0 fully saturated rings. The van der Waals surface area contributed by atoms with E-state index in [9.17, 15) is 13.2 Å². The molecular weight excluding hydrogens is 717 g/mol. The SMILES string of the molecule is COc1ccc(N(CC(=O)N/N=C\c2cc(Br)c(OCc3ccc(Cl)cc3Cl)c(OC)c2)S(=O)(=O)c2ccccc2)cc1Cl. The van der Waals surface area contributed by atoms with E-state index < -0.39 is 22.5 Å². The van der Waals surface area contributed by atoms with Crippen LogP contribution in [0, 0.1) is 0 Å². The molecule has 1 N–H and O–H groups in total. The molecule has 44 heavy (non-hydrogen) atoms. The minimum absolute atomic E-state index is 0.000768. The first-order chi connectivity index (χ1) is 21.0. The maximum absolute atomic E-state index is 13.5. The Kier molecular flexibility index (Phi) is 11.4. The summed E-state index contributed by atoms with van der Waals surface area (Å²) in [6.45, 7) is -0.416. The van der Waals surface area contributed by atoms with Gasteiger partial charge in [0.05, 0.1) is 40.5 Å². The van der Waals surface area contributed by atoms with Crippen LogP contribution in [-0.4, -0.2) is 41.3 Å². The van der Waals surface area contributed by atoms with Crippen LogP contribution in [0.25, 0.3) is 0 Å². The zero-order chi connectivity index (χ0) is 31.9. The second kappa shape index (κ2) is 15.0. The van der Waals surface area contributed by atoms with E-state index >= 15 is 0 Å². The number of benzene rings is 4. The number of amides is 1. The van der Waals surface area contributed by atoms with E-state index in [1.54, 1.807) is 48.5 Å². The number of carbonyl (C=O) groups is 1. The molecule has 4 aromatic rings.